The van der Waals surface area contributed by atoms with E-state index >= 15 is 0 Å². The summed E-state index contributed by atoms with van der Waals surface area (Å²) in [6.45, 7) is 6.72. The van der Waals surface area contributed by atoms with Crippen molar-refractivity contribution >= 4 is 5.69 Å². The molecular weight excluding hydrogens is 210 g/mol. The fraction of sp³-hybridized carbons (Fsp3) is 0.643. The average molecular weight is 233 g/mol. The molecule has 1 unspecified atom stereocenters. The van der Waals surface area contributed by atoms with Crippen LogP contribution in [0.4, 0.5) is 5.69 Å². The van der Waals surface area contributed by atoms with E-state index < -0.39 is 0 Å². The number of hydrogen-bond donors (Lipinski definition) is 1. The zero-order chi connectivity index (χ0) is 12.3. The maximum Gasteiger partial charge on any atom is 0.0600 e. The average Bonchev–Trinajstić information content (AvgIpc) is 2.79. The van der Waals surface area contributed by atoms with Crippen LogP contribution in [0.25, 0.3) is 0 Å². The quantitative estimate of drug-likeness (QED) is 0.865. The van der Waals surface area contributed by atoms with Crippen molar-refractivity contribution in [2.45, 2.75) is 39.3 Å². The topological polar surface area (TPSA) is 28.2 Å². The molecule has 0 aromatic carbocycles. The SMILES string of the molecule is CNCc1ccncc1N1CCCC1C(C)C. The molecule has 1 fully saturated rings. The number of nitrogens with one attached hydrogen (secondary N) is 1. The summed E-state index contributed by atoms with van der Waals surface area (Å²) in [4.78, 5) is 6.84. The van der Waals surface area contributed by atoms with Crippen molar-refractivity contribution in [2.24, 2.45) is 5.92 Å². The van der Waals surface area contributed by atoms with Crippen LogP contribution in [0.2, 0.25) is 0 Å². The van der Waals surface area contributed by atoms with Crippen molar-refractivity contribution in [2.75, 3.05) is 18.5 Å². The Morgan fingerprint density at radius 3 is 3.06 bits per heavy atom. The number of hydrogen-bond acceptors (Lipinski definition) is 3. The summed E-state index contributed by atoms with van der Waals surface area (Å²) in [5, 5.41) is 3.24. The van der Waals surface area contributed by atoms with Gasteiger partial charge in [0.1, 0.15) is 0 Å². The van der Waals surface area contributed by atoms with Gasteiger partial charge in [0.15, 0.2) is 0 Å². The molecule has 0 bridgehead atoms. The van der Waals surface area contributed by atoms with Gasteiger partial charge in [-0.25, -0.2) is 0 Å². The maximum absolute atomic E-state index is 4.30. The van der Waals surface area contributed by atoms with E-state index in [1.807, 2.05) is 19.4 Å². The number of aromatic nitrogens is 1. The van der Waals surface area contributed by atoms with Crippen molar-refractivity contribution < 1.29 is 0 Å². The highest BCUT2D eigenvalue weighted by molar-refractivity contribution is 5.53. The fourth-order valence-electron chi connectivity index (χ4n) is 2.80. The molecule has 3 heteroatoms. The van der Waals surface area contributed by atoms with E-state index in [9.17, 15) is 0 Å². The highest BCUT2D eigenvalue weighted by atomic mass is 15.2. The molecule has 1 atom stereocenters. The summed E-state index contributed by atoms with van der Waals surface area (Å²) in [6.07, 6.45) is 6.52. The molecule has 17 heavy (non-hydrogen) atoms. The van der Waals surface area contributed by atoms with Crippen LogP contribution in [0.1, 0.15) is 32.3 Å². The van der Waals surface area contributed by atoms with Gasteiger partial charge in [0.25, 0.3) is 0 Å². The monoisotopic (exact) mass is 233 g/mol. The normalized spacial score (nSPS) is 20.2. The summed E-state index contributed by atoms with van der Waals surface area (Å²) in [6, 6.07) is 2.80. The molecular formula is C14H23N3. The minimum Gasteiger partial charge on any atom is -0.367 e. The number of nitrogens with zero attached hydrogens (tertiary/aromatic N) is 2. The Morgan fingerprint density at radius 1 is 1.53 bits per heavy atom. The first-order valence-corrected chi connectivity index (χ1v) is 6.58. The van der Waals surface area contributed by atoms with Crippen LogP contribution in [0.5, 0.6) is 0 Å². The second-order valence-electron chi connectivity index (χ2n) is 5.18. The Kier molecular flexibility index (Phi) is 4.00. The number of rotatable bonds is 4. The summed E-state index contributed by atoms with van der Waals surface area (Å²) >= 11 is 0. The van der Waals surface area contributed by atoms with Crippen molar-refractivity contribution in [3.63, 3.8) is 0 Å². The molecule has 1 aliphatic rings. The third kappa shape index (κ3) is 2.60. The van der Waals surface area contributed by atoms with Crippen LogP contribution >= 0.6 is 0 Å². The summed E-state index contributed by atoms with van der Waals surface area (Å²) in [7, 11) is 1.99. The largest absolute Gasteiger partial charge is 0.367 e. The molecule has 1 aromatic heterocycles. The van der Waals surface area contributed by atoms with Gasteiger partial charge in [-0.1, -0.05) is 13.8 Å². The lowest BCUT2D eigenvalue weighted by Crippen LogP contribution is -2.34. The Hall–Kier alpha value is -1.09. The summed E-state index contributed by atoms with van der Waals surface area (Å²) in [5.41, 5.74) is 2.67. The minimum atomic E-state index is 0.676. The van der Waals surface area contributed by atoms with Crippen LogP contribution in [0, 0.1) is 5.92 Å². The summed E-state index contributed by atoms with van der Waals surface area (Å²) in [5.74, 6) is 0.708. The van der Waals surface area contributed by atoms with E-state index in [1.165, 1.54) is 30.6 Å². The van der Waals surface area contributed by atoms with E-state index in [-0.39, 0.29) is 0 Å². The van der Waals surface area contributed by atoms with E-state index in [4.69, 9.17) is 0 Å². The van der Waals surface area contributed by atoms with Gasteiger partial charge in [0.05, 0.1) is 11.9 Å². The zero-order valence-electron chi connectivity index (χ0n) is 11.1. The third-order valence-corrected chi connectivity index (χ3v) is 3.63. The Balaban J connectivity index is 2.26. The van der Waals surface area contributed by atoms with Crippen molar-refractivity contribution in [1.82, 2.24) is 10.3 Å². The molecule has 94 valence electrons. The molecule has 1 aromatic rings. The minimum absolute atomic E-state index is 0.676. The highest BCUT2D eigenvalue weighted by Crippen LogP contribution is 2.31. The van der Waals surface area contributed by atoms with Crippen LogP contribution in [0.15, 0.2) is 18.5 Å². The Bertz CT molecular complexity index is 362. The van der Waals surface area contributed by atoms with Gasteiger partial charge in [-0.15, -0.1) is 0 Å². The van der Waals surface area contributed by atoms with Crippen molar-refractivity contribution in [1.29, 1.82) is 0 Å². The molecule has 0 aliphatic carbocycles. The van der Waals surface area contributed by atoms with Crippen molar-refractivity contribution in [3.8, 4) is 0 Å². The van der Waals surface area contributed by atoms with Gasteiger partial charge < -0.3 is 10.2 Å². The number of anilines is 1. The lowest BCUT2D eigenvalue weighted by atomic mass is 10.0. The van der Waals surface area contributed by atoms with Gasteiger partial charge in [-0.2, -0.15) is 0 Å². The first-order valence-electron chi connectivity index (χ1n) is 6.58. The van der Waals surface area contributed by atoms with Gasteiger partial charge in [0, 0.05) is 25.3 Å². The summed E-state index contributed by atoms with van der Waals surface area (Å²) < 4.78 is 0. The van der Waals surface area contributed by atoms with E-state index in [1.54, 1.807) is 0 Å². The lowest BCUT2D eigenvalue weighted by molar-refractivity contribution is 0.490. The van der Waals surface area contributed by atoms with Gasteiger partial charge in [0.2, 0.25) is 0 Å². The molecule has 2 heterocycles. The predicted molar refractivity (Wildman–Crippen MR) is 72.2 cm³/mol. The van der Waals surface area contributed by atoms with E-state index in [2.05, 4.69) is 35.1 Å². The molecule has 0 saturated carbocycles. The van der Waals surface area contributed by atoms with E-state index in [0.717, 1.165) is 6.54 Å². The van der Waals surface area contributed by atoms with Gasteiger partial charge >= 0.3 is 0 Å². The second-order valence-corrected chi connectivity index (χ2v) is 5.18. The van der Waals surface area contributed by atoms with Crippen LogP contribution in [0.3, 0.4) is 0 Å². The first-order chi connectivity index (χ1) is 8.24. The van der Waals surface area contributed by atoms with Crippen LogP contribution in [-0.4, -0.2) is 24.6 Å². The molecule has 3 nitrogen and oxygen atoms in total. The molecule has 1 saturated heterocycles. The molecule has 0 radical (unpaired) electrons. The van der Waals surface area contributed by atoms with Crippen LogP contribution < -0.4 is 10.2 Å². The standard InChI is InChI=1S/C14H23N3/c1-11(2)13-5-4-8-17(13)14-10-16-7-6-12(14)9-15-3/h6-7,10-11,13,15H,4-5,8-9H2,1-3H3. The smallest absolute Gasteiger partial charge is 0.0600 e. The Morgan fingerprint density at radius 2 is 2.35 bits per heavy atom. The molecule has 0 spiro atoms. The zero-order valence-corrected chi connectivity index (χ0v) is 11.1. The predicted octanol–water partition coefficient (Wildman–Crippen LogP) is 2.43. The highest BCUT2D eigenvalue weighted by Gasteiger charge is 2.28. The Labute approximate surface area is 104 Å². The fourth-order valence-corrected chi connectivity index (χ4v) is 2.80. The third-order valence-electron chi connectivity index (χ3n) is 3.63. The van der Waals surface area contributed by atoms with Crippen molar-refractivity contribution in [3.05, 3.63) is 24.0 Å². The molecule has 2 rings (SSSR count). The van der Waals surface area contributed by atoms with E-state index in [0.29, 0.717) is 12.0 Å². The lowest BCUT2D eigenvalue weighted by Gasteiger charge is -2.31. The maximum atomic E-state index is 4.30. The molecule has 0 amide bonds. The molecule has 1 aliphatic heterocycles. The second kappa shape index (κ2) is 5.50. The van der Waals surface area contributed by atoms with Gasteiger partial charge in [-0.05, 0) is 37.4 Å². The van der Waals surface area contributed by atoms with Crippen LogP contribution in [-0.2, 0) is 6.54 Å². The van der Waals surface area contributed by atoms with Gasteiger partial charge in [-0.3, -0.25) is 4.98 Å². The number of pyridine rings is 1. The first kappa shape index (κ1) is 12.4. The molecule has 1 N–H and O–H groups in total.